The van der Waals surface area contributed by atoms with E-state index in [1.807, 2.05) is 0 Å². The van der Waals surface area contributed by atoms with Crippen molar-refractivity contribution in [3.8, 4) is 0 Å². The zero-order valence-corrected chi connectivity index (χ0v) is 12.7. The van der Waals surface area contributed by atoms with Gasteiger partial charge in [-0.25, -0.2) is 13.1 Å². The van der Waals surface area contributed by atoms with Gasteiger partial charge < -0.3 is 10.6 Å². The molecule has 0 spiro atoms. The quantitative estimate of drug-likeness (QED) is 0.606. The highest BCUT2D eigenvalue weighted by atomic mass is 32.2. The first-order valence-electron chi connectivity index (χ1n) is 6.94. The standard InChI is InChI=1S/C13H20N4O3S/c1-14-11-6-8-15-9-12(11)21(19,20)16-7-2-3-13(18)17-10-4-5-10/h6,8-10,16H,2-5,7H2,1H3,(H,14,15)(H,17,18). The van der Waals surface area contributed by atoms with Gasteiger partial charge in [-0.1, -0.05) is 0 Å². The Hall–Kier alpha value is -1.67. The molecule has 7 nitrogen and oxygen atoms in total. The molecule has 1 aromatic rings. The second-order valence-electron chi connectivity index (χ2n) is 4.96. The number of nitrogens with one attached hydrogen (secondary N) is 3. The van der Waals surface area contributed by atoms with Gasteiger partial charge in [0.1, 0.15) is 4.90 Å². The van der Waals surface area contributed by atoms with E-state index in [0.29, 0.717) is 24.6 Å². The van der Waals surface area contributed by atoms with Gasteiger partial charge >= 0.3 is 0 Å². The summed E-state index contributed by atoms with van der Waals surface area (Å²) in [4.78, 5) is 15.4. The molecule has 0 atom stereocenters. The Morgan fingerprint density at radius 2 is 2.19 bits per heavy atom. The number of aromatic nitrogens is 1. The lowest BCUT2D eigenvalue weighted by molar-refractivity contribution is -0.121. The van der Waals surface area contributed by atoms with Crippen LogP contribution in [0.4, 0.5) is 5.69 Å². The summed E-state index contributed by atoms with van der Waals surface area (Å²) in [6.45, 7) is 0.221. The normalized spacial score (nSPS) is 14.7. The molecule has 0 unspecified atom stereocenters. The third kappa shape index (κ3) is 4.68. The number of pyridine rings is 1. The molecule has 0 bridgehead atoms. The van der Waals surface area contributed by atoms with Crippen LogP contribution in [-0.4, -0.2) is 38.9 Å². The lowest BCUT2D eigenvalue weighted by Gasteiger charge is -2.10. The van der Waals surface area contributed by atoms with Gasteiger partial charge in [0.05, 0.1) is 5.69 Å². The van der Waals surface area contributed by atoms with E-state index in [0.717, 1.165) is 12.8 Å². The molecule has 1 amide bonds. The van der Waals surface area contributed by atoms with E-state index in [1.165, 1.54) is 12.4 Å². The Bertz CT molecular complexity index is 599. The average molecular weight is 312 g/mol. The van der Waals surface area contributed by atoms with Gasteiger partial charge in [0.2, 0.25) is 15.9 Å². The fourth-order valence-corrected chi connectivity index (χ4v) is 3.09. The van der Waals surface area contributed by atoms with Gasteiger partial charge in [-0.15, -0.1) is 0 Å². The molecule has 0 radical (unpaired) electrons. The van der Waals surface area contributed by atoms with Gasteiger partial charge in [-0.3, -0.25) is 9.78 Å². The Labute approximate surface area is 124 Å². The summed E-state index contributed by atoms with van der Waals surface area (Å²) in [5, 5.41) is 5.68. The Morgan fingerprint density at radius 1 is 1.43 bits per heavy atom. The fourth-order valence-electron chi connectivity index (χ4n) is 1.86. The molecule has 3 N–H and O–H groups in total. The van der Waals surface area contributed by atoms with Crippen molar-refractivity contribution in [1.29, 1.82) is 0 Å². The molecule has 1 fully saturated rings. The first kappa shape index (κ1) is 15.7. The van der Waals surface area contributed by atoms with E-state index >= 15 is 0 Å². The van der Waals surface area contributed by atoms with Crippen LogP contribution in [0.1, 0.15) is 25.7 Å². The molecule has 8 heteroatoms. The summed E-state index contributed by atoms with van der Waals surface area (Å²) in [5.41, 5.74) is 0.490. The molecule has 116 valence electrons. The van der Waals surface area contributed by atoms with Crippen LogP contribution < -0.4 is 15.4 Å². The first-order chi connectivity index (χ1) is 10.0. The molecule has 0 aromatic carbocycles. The second-order valence-corrected chi connectivity index (χ2v) is 6.70. The van der Waals surface area contributed by atoms with Crippen molar-refractivity contribution >= 4 is 21.6 Å². The van der Waals surface area contributed by atoms with E-state index in [2.05, 4.69) is 20.3 Å². The molecule has 1 aliphatic carbocycles. The number of anilines is 1. The number of hydrogen-bond donors (Lipinski definition) is 3. The zero-order valence-electron chi connectivity index (χ0n) is 11.9. The van der Waals surface area contributed by atoms with E-state index in [4.69, 9.17) is 0 Å². The predicted molar refractivity (Wildman–Crippen MR) is 79.4 cm³/mol. The minimum absolute atomic E-state index is 0.0195. The fraction of sp³-hybridized carbons (Fsp3) is 0.538. The molecular weight excluding hydrogens is 292 g/mol. The van der Waals surface area contributed by atoms with E-state index in [9.17, 15) is 13.2 Å². The van der Waals surface area contributed by atoms with Gasteiger partial charge in [0, 0.05) is 38.4 Å². The van der Waals surface area contributed by atoms with E-state index < -0.39 is 10.0 Å². The minimum Gasteiger partial charge on any atom is -0.387 e. The Kier molecular flexibility index (Phi) is 5.13. The molecule has 1 aromatic heterocycles. The highest BCUT2D eigenvalue weighted by molar-refractivity contribution is 7.89. The number of carbonyl (C=O) groups is 1. The number of carbonyl (C=O) groups excluding carboxylic acids is 1. The average Bonchev–Trinajstić information content (AvgIpc) is 3.27. The minimum atomic E-state index is -3.62. The van der Waals surface area contributed by atoms with Crippen molar-refractivity contribution in [2.45, 2.75) is 36.6 Å². The van der Waals surface area contributed by atoms with Crippen molar-refractivity contribution < 1.29 is 13.2 Å². The van der Waals surface area contributed by atoms with Crippen molar-refractivity contribution in [3.05, 3.63) is 18.5 Å². The molecular formula is C13H20N4O3S. The largest absolute Gasteiger partial charge is 0.387 e. The van der Waals surface area contributed by atoms with Crippen LogP contribution in [0.25, 0.3) is 0 Å². The lowest BCUT2D eigenvalue weighted by atomic mass is 10.3. The summed E-state index contributed by atoms with van der Waals surface area (Å²) in [6.07, 6.45) is 5.71. The lowest BCUT2D eigenvalue weighted by Crippen LogP contribution is -2.29. The number of rotatable bonds is 8. The molecule has 0 aliphatic heterocycles. The van der Waals surface area contributed by atoms with Crippen molar-refractivity contribution in [2.75, 3.05) is 18.9 Å². The van der Waals surface area contributed by atoms with Gasteiger partial charge in [-0.2, -0.15) is 0 Å². The molecule has 1 saturated carbocycles. The van der Waals surface area contributed by atoms with Gasteiger partial charge in [-0.05, 0) is 25.3 Å². The summed E-state index contributed by atoms with van der Waals surface area (Å²) in [7, 11) is -1.97. The van der Waals surface area contributed by atoms with Crippen LogP contribution in [0, 0.1) is 0 Å². The predicted octanol–water partition coefficient (Wildman–Crippen LogP) is 0.460. The first-order valence-corrected chi connectivity index (χ1v) is 8.42. The van der Waals surface area contributed by atoms with Crippen LogP contribution in [0.15, 0.2) is 23.4 Å². The Balaban J connectivity index is 1.82. The highest BCUT2D eigenvalue weighted by Crippen LogP contribution is 2.19. The highest BCUT2D eigenvalue weighted by Gasteiger charge is 2.23. The SMILES string of the molecule is CNc1ccncc1S(=O)(=O)NCCCC(=O)NC1CC1. The monoisotopic (exact) mass is 312 g/mol. The Morgan fingerprint density at radius 3 is 2.86 bits per heavy atom. The molecule has 1 aliphatic rings. The van der Waals surface area contributed by atoms with E-state index in [1.54, 1.807) is 13.1 Å². The van der Waals surface area contributed by atoms with Crippen LogP contribution in [0.3, 0.4) is 0 Å². The molecule has 0 saturated heterocycles. The van der Waals surface area contributed by atoms with Crippen LogP contribution in [0.5, 0.6) is 0 Å². The maximum Gasteiger partial charge on any atom is 0.244 e. The third-order valence-electron chi connectivity index (χ3n) is 3.16. The van der Waals surface area contributed by atoms with Crippen LogP contribution in [-0.2, 0) is 14.8 Å². The van der Waals surface area contributed by atoms with Crippen molar-refractivity contribution in [3.63, 3.8) is 0 Å². The topological polar surface area (TPSA) is 100 Å². The zero-order chi connectivity index (χ0) is 15.3. The van der Waals surface area contributed by atoms with Crippen molar-refractivity contribution in [1.82, 2.24) is 15.0 Å². The smallest absolute Gasteiger partial charge is 0.244 e. The van der Waals surface area contributed by atoms with E-state index in [-0.39, 0.29) is 17.3 Å². The van der Waals surface area contributed by atoms with Crippen LogP contribution >= 0.6 is 0 Å². The summed E-state index contributed by atoms with van der Waals surface area (Å²) < 4.78 is 26.8. The second kappa shape index (κ2) is 6.86. The third-order valence-corrected chi connectivity index (χ3v) is 4.65. The summed E-state index contributed by atoms with van der Waals surface area (Å²) in [5.74, 6) is -0.0195. The van der Waals surface area contributed by atoms with Gasteiger partial charge in [0.25, 0.3) is 0 Å². The molecule has 2 rings (SSSR count). The maximum absolute atomic E-state index is 12.2. The number of amides is 1. The molecule has 21 heavy (non-hydrogen) atoms. The number of hydrogen-bond acceptors (Lipinski definition) is 5. The van der Waals surface area contributed by atoms with Crippen molar-refractivity contribution in [2.24, 2.45) is 0 Å². The number of nitrogens with zero attached hydrogens (tertiary/aromatic N) is 1. The summed E-state index contributed by atoms with van der Waals surface area (Å²) in [6, 6.07) is 1.93. The summed E-state index contributed by atoms with van der Waals surface area (Å²) >= 11 is 0. The number of sulfonamides is 1. The van der Waals surface area contributed by atoms with Crippen LogP contribution in [0.2, 0.25) is 0 Å². The maximum atomic E-state index is 12.2. The molecule has 1 heterocycles. The van der Waals surface area contributed by atoms with Gasteiger partial charge in [0.15, 0.2) is 0 Å².